The second kappa shape index (κ2) is 6.54. The smallest absolute Gasteiger partial charge is 0.0934 e. The molecule has 0 saturated carbocycles. The number of benzene rings is 2. The van der Waals surface area contributed by atoms with Crippen molar-refractivity contribution in [1.29, 1.82) is 0 Å². The highest BCUT2D eigenvalue weighted by Crippen LogP contribution is 2.19. The average Bonchev–Trinajstić information content (AvgIpc) is 2.57. The van der Waals surface area contributed by atoms with Gasteiger partial charge in [-0.25, -0.2) is 0 Å². The standard InChI is InChI=1S/2C10H10N2/c2*1-7-5-6-8-3-2-4-9(11)10(8)12-7/h2*2-6H,11H2,1H3. The fourth-order valence-electron chi connectivity index (χ4n) is 2.54. The van der Waals surface area contributed by atoms with Crippen molar-refractivity contribution in [3.63, 3.8) is 0 Å². The molecule has 0 atom stereocenters. The van der Waals surface area contributed by atoms with Crippen LogP contribution in [0.2, 0.25) is 0 Å². The largest absolute Gasteiger partial charge is 0.397 e. The number of nitrogens with zero attached hydrogens (tertiary/aromatic N) is 2. The van der Waals surface area contributed by atoms with Crippen molar-refractivity contribution >= 4 is 33.2 Å². The maximum absolute atomic E-state index is 5.76. The second-order valence-corrected chi connectivity index (χ2v) is 5.74. The highest BCUT2D eigenvalue weighted by Gasteiger charge is 1.98. The van der Waals surface area contributed by atoms with Gasteiger partial charge in [0, 0.05) is 22.2 Å². The second-order valence-electron chi connectivity index (χ2n) is 5.74. The van der Waals surface area contributed by atoms with Crippen molar-refractivity contribution in [1.82, 2.24) is 9.97 Å². The number of aromatic nitrogens is 2. The first-order valence-corrected chi connectivity index (χ1v) is 7.78. The molecule has 24 heavy (non-hydrogen) atoms. The van der Waals surface area contributed by atoms with Crippen molar-refractivity contribution in [2.75, 3.05) is 11.5 Å². The van der Waals surface area contributed by atoms with Crippen molar-refractivity contribution in [3.8, 4) is 0 Å². The number of fused-ring (bicyclic) bond motifs is 2. The summed E-state index contributed by atoms with van der Waals surface area (Å²) in [5.74, 6) is 0. The van der Waals surface area contributed by atoms with Gasteiger partial charge >= 0.3 is 0 Å². The van der Waals surface area contributed by atoms with Crippen LogP contribution >= 0.6 is 0 Å². The topological polar surface area (TPSA) is 77.8 Å². The molecule has 4 nitrogen and oxygen atoms in total. The summed E-state index contributed by atoms with van der Waals surface area (Å²) in [6.45, 7) is 3.93. The van der Waals surface area contributed by atoms with E-state index in [1.165, 1.54) is 0 Å². The normalized spacial score (nSPS) is 10.4. The van der Waals surface area contributed by atoms with Crippen LogP contribution in [-0.4, -0.2) is 9.97 Å². The molecule has 0 saturated heterocycles. The molecule has 0 unspecified atom stereocenters. The Morgan fingerprint density at radius 1 is 0.583 bits per heavy atom. The Labute approximate surface area is 141 Å². The van der Waals surface area contributed by atoms with Crippen LogP contribution in [0.4, 0.5) is 11.4 Å². The first-order valence-electron chi connectivity index (χ1n) is 7.78. The van der Waals surface area contributed by atoms with E-state index < -0.39 is 0 Å². The quantitative estimate of drug-likeness (QED) is 0.475. The van der Waals surface area contributed by atoms with Crippen LogP contribution in [0, 0.1) is 13.8 Å². The Morgan fingerprint density at radius 3 is 1.42 bits per heavy atom. The molecule has 0 fully saturated rings. The Bertz CT molecular complexity index is 925. The van der Waals surface area contributed by atoms with Crippen molar-refractivity contribution < 1.29 is 0 Å². The predicted molar refractivity (Wildman–Crippen MR) is 102 cm³/mol. The van der Waals surface area contributed by atoms with E-state index >= 15 is 0 Å². The van der Waals surface area contributed by atoms with Gasteiger partial charge in [0.2, 0.25) is 0 Å². The third kappa shape index (κ3) is 3.27. The molecular formula is C20H20N4. The van der Waals surface area contributed by atoms with Gasteiger partial charge in [-0.2, -0.15) is 0 Å². The minimum absolute atomic E-state index is 0.746. The molecule has 2 aromatic heterocycles. The van der Waals surface area contributed by atoms with E-state index in [0.29, 0.717) is 0 Å². The molecule has 4 heteroatoms. The molecule has 0 aliphatic carbocycles. The number of nitrogen functional groups attached to an aromatic ring is 2. The molecule has 120 valence electrons. The number of para-hydroxylation sites is 2. The van der Waals surface area contributed by atoms with Gasteiger partial charge in [0.05, 0.1) is 22.4 Å². The monoisotopic (exact) mass is 316 g/mol. The van der Waals surface area contributed by atoms with Gasteiger partial charge in [-0.15, -0.1) is 0 Å². The van der Waals surface area contributed by atoms with Crippen LogP contribution in [0.1, 0.15) is 11.4 Å². The molecule has 2 aromatic carbocycles. The first-order chi connectivity index (χ1) is 11.5. The van der Waals surface area contributed by atoms with Gasteiger partial charge in [0.1, 0.15) is 0 Å². The summed E-state index contributed by atoms with van der Waals surface area (Å²) in [6.07, 6.45) is 0. The van der Waals surface area contributed by atoms with Crippen LogP contribution in [0.3, 0.4) is 0 Å². The van der Waals surface area contributed by atoms with Gasteiger partial charge in [0.15, 0.2) is 0 Å². The molecule has 0 aliphatic rings. The van der Waals surface area contributed by atoms with Crippen LogP contribution in [0.25, 0.3) is 21.8 Å². The predicted octanol–water partition coefficient (Wildman–Crippen LogP) is 4.25. The summed E-state index contributed by atoms with van der Waals surface area (Å²) >= 11 is 0. The molecule has 2 heterocycles. The lowest BCUT2D eigenvalue weighted by Gasteiger charge is -2.00. The van der Waals surface area contributed by atoms with Crippen LogP contribution < -0.4 is 11.5 Å². The summed E-state index contributed by atoms with van der Waals surface area (Å²) < 4.78 is 0. The zero-order valence-corrected chi connectivity index (χ0v) is 13.8. The first kappa shape index (κ1) is 15.7. The van der Waals surface area contributed by atoms with Gasteiger partial charge in [-0.3, -0.25) is 9.97 Å². The van der Waals surface area contributed by atoms with E-state index in [-0.39, 0.29) is 0 Å². The number of anilines is 2. The van der Waals surface area contributed by atoms with E-state index in [2.05, 4.69) is 9.97 Å². The molecular weight excluding hydrogens is 296 g/mol. The number of nitrogens with two attached hydrogens (primary N) is 2. The van der Waals surface area contributed by atoms with Gasteiger partial charge in [-0.05, 0) is 38.1 Å². The molecule has 0 spiro atoms. The van der Waals surface area contributed by atoms with Crippen LogP contribution in [0.5, 0.6) is 0 Å². The van der Waals surface area contributed by atoms with E-state index in [1.54, 1.807) is 0 Å². The summed E-state index contributed by atoms with van der Waals surface area (Å²) in [6, 6.07) is 19.7. The molecule has 0 bridgehead atoms. The minimum atomic E-state index is 0.746. The lowest BCUT2D eigenvalue weighted by molar-refractivity contribution is 1.26. The third-order valence-electron chi connectivity index (χ3n) is 3.78. The summed E-state index contributed by atoms with van der Waals surface area (Å²) in [4.78, 5) is 8.70. The number of rotatable bonds is 0. The Morgan fingerprint density at radius 2 is 1.00 bits per heavy atom. The fraction of sp³-hybridized carbons (Fsp3) is 0.100. The van der Waals surface area contributed by atoms with E-state index in [1.807, 2.05) is 74.5 Å². The zero-order valence-electron chi connectivity index (χ0n) is 13.8. The summed E-state index contributed by atoms with van der Waals surface area (Å²) in [5.41, 5.74) is 16.8. The maximum Gasteiger partial charge on any atom is 0.0934 e. The third-order valence-corrected chi connectivity index (χ3v) is 3.78. The van der Waals surface area contributed by atoms with E-state index in [4.69, 9.17) is 11.5 Å². The Balaban J connectivity index is 0.000000141. The molecule has 4 N–H and O–H groups in total. The lowest BCUT2D eigenvalue weighted by atomic mass is 10.2. The van der Waals surface area contributed by atoms with Crippen molar-refractivity contribution in [2.24, 2.45) is 0 Å². The van der Waals surface area contributed by atoms with E-state index in [0.717, 1.165) is 44.6 Å². The fourth-order valence-corrected chi connectivity index (χ4v) is 2.54. The van der Waals surface area contributed by atoms with Crippen molar-refractivity contribution in [2.45, 2.75) is 13.8 Å². The van der Waals surface area contributed by atoms with Gasteiger partial charge < -0.3 is 11.5 Å². The summed E-state index contributed by atoms with van der Waals surface area (Å²) in [7, 11) is 0. The molecule has 4 aromatic rings. The SMILES string of the molecule is Cc1ccc2cccc(N)c2n1.Cc1ccc2cccc(N)c2n1. The summed E-state index contributed by atoms with van der Waals surface area (Å²) in [5, 5.41) is 2.20. The van der Waals surface area contributed by atoms with Crippen molar-refractivity contribution in [3.05, 3.63) is 72.1 Å². The average molecular weight is 316 g/mol. The van der Waals surface area contributed by atoms with E-state index in [9.17, 15) is 0 Å². The number of pyridine rings is 2. The molecule has 0 amide bonds. The highest BCUT2D eigenvalue weighted by atomic mass is 14.7. The molecule has 0 aliphatic heterocycles. The van der Waals surface area contributed by atoms with Crippen LogP contribution in [0.15, 0.2) is 60.7 Å². The maximum atomic E-state index is 5.76. The Kier molecular flexibility index (Phi) is 4.29. The van der Waals surface area contributed by atoms with Crippen LogP contribution in [-0.2, 0) is 0 Å². The number of hydrogen-bond acceptors (Lipinski definition) is 4. The lowest BCUT2D eigenvalue weighted by Crippen LogP contribution is -1.90. The number of hydrogen-bond donors (Lipinski definition) is 2. The number of aryl methyl sites for hydroxylation is 2. The highest BCUT2D eigenvalue weighted by molar-refractivity contribution is 5.89. The molecule has 4 rings (SSSR count). The van der Waals surface area contributed by atoms with Gasteiger partial charge in [0.25, 0.3) is 0 Å². The zero-order chi connectivity index (χ0) is 17.1. The molecule has 0 radical (unpaired) electrons. The van der Waals surface area contributed by atoms with Gasteiger partial charge in [-0.1, -0.05) is 36.4 Å². The minimum Gasteiger partial charge on any atom is -0.397 e. The Hall–Kier alpha value is -3.14.